The summed E-state index contributed by atoms with van der Waals surface area (Å²) in [6.07, 6.45) is 2.57. The number of hydrogen-bond acceptors (Lipinski definition) is 4. The predicted molar refractivity (Wildman–Crippen MR) is 65.8 cm³/mol. The van der Waals surface area contributed by atoms with Crippen molar-refractivity contribution in [3.05, 3.63) is 18.2 Å². The number of nitrogens with one attached hydrogen (secondary N) is 2. The van der Waals surface area contributed by atoms with Gasteiger partial charge in [0, 0.05) is 19.7 Å². The molecule has 88 valence electrons. The van der Waals surface area contributed by atoms with Gasteiger partial charge in [-0.3, -0.25) is 0 Å². The van der Waals surface area contributed by atoms with Gasteiger partial charge in [0.05, 0.1) is 6.10 Å². The highest BCUT2D eigenvalue weighted by atomic mass is 16.5. The molecule has 4 nitrogen and oxygen atoms in total. The van der Waals surface area contributed by atoms with Gasteiger partial charge in [-0.1, -0.05) is 6.07 Å². The average molecular weight is 221 g/mol. The molecular formula is C12H19N3O. The summed E-state index contributed by atoms with van der Waals surface area (Å²) in [6, 6.07) is 6.50. The van der Waals surface area contributed by atoms with Crippen LogP contribution < -0.4 is 10.6 Å². The summed E-state index contributed by atoms with van der Waals surface area (Å²) in [5.41, 5.74) is 0. The molecule has 1 saturated carbocycles. The lowest BCUT2D eigenvalue weighted by Crippen LogP contribution is -2.40. The molecular weight excluding hydrogens is 202 g/mol. The quantitative estimate of drug-likeness (QED) is 0.799. The van der Waals surface area contributed by atoms with Crippen molar-refractivity contribution in [3.63, 3.8) is 0 Å². The Morgan fingerprint density at radius 3 is 2.81 bits per heavy atom. The molecule has 0 atom stereocenters. The molecule has 0 amide bonds. The molecule has 1 aromatic rings. The molecule has 2 N–H and O–H groups in total. The van der Waals surface area contributed by atoms with Crippen molar-refractivity contribution >= 4 is 11.6 Å². The summed E-state index contributed by atoms with van der Waals surface area (Å²) >= 11 is 0. The van der Waals surface area contributed by atoms with E-state index in [0.29, 0.717) is 12.1 Å². The van der Waals surface area contributed by atoms with Gasteiger partial charge in [0.1, 0.15) is 11.6 Å². The lowest BCUT2D eigenvalue weighted by atomic mass is 9.89. The first-order valence-corrected chi connectivity index (χ1v) is 5.82. The largest absolute Gasteiger partial charge is 0.381 e. The fourth-order valence-corrected chi connectivity index (χ4v) is 1.88. The maximum absolute atomic E-state index is 5.24. The fraction of sp³-hybridized carbons (Fsp3) is 0.583. The minimum atomic E-state index is 0.425. The van der Waals surface area contributed by atoms with Crippen LogP contribution in [0.15, 0.2) is 18.2 Å². The van der Waals surface area contributed by atoms with Crippen LogP contribution in [0.25, 0.3) is 0 Å². The Morgan fingerprint density at radius 1 is 1.38 bits per heavy atom. The Hall–Kier alpha value is -1.29. The zero-order valence-corrected chi connectivity index (χ0v) is 9.86. The average Bonchev–Trinajstić information content (AvgIpc) is 2.24. The SMILES string of the molecule is CCNc1cccc(NC2CC(OC)C2)n1. The zero-order valence-electron chi connectivity index (χ0n) is 9.86. The van der Waals surface area contributed by atoms with E-state index in [1.165, 1.54) is 0 Å². The van der Waals surface area contributed by atoms with E-state index in [-0.39, 0.29) is 0 Å². The van der Waals surface area contributed by atoms with E-state index < -0.39 is 0 Å². The monoisotopic (exact) mass is 221 g/mol. The van der Waals surface area contributed by atoms with Crippen LogP contribution >= 0.6 is 0 Å². The summed E-state index contributed by atoms with van der Waals surface area (Å²) in [7, 11) is 1.77. The molecule has 1 aliphatic rings. The Kier molecular flexibility index (Phi) is 3.62. The minimum Gasteiger partial charge on any atom is -0.381 e. The summed E-state index contributed by atoms with van der Waals surface area (Å²) in [4.78, 5) is 4.47. The van der Waals surface area contributed by atoms with Crippen molar-refractivity contribution < 1.29 is 4.74 Å². The van der Waals surface area contributed by atoms with Crippen LogP contribution in [0.3, 0.4) is 0 Å². The maximum Gasteiger partial charge on any atom is 0.128 e. The molecule has 0 spiro atoms. The third-order valence-corrected chi connectivity index (χ3v) is 2.89. The van der Waals surface area contributed by atoms with Crippen molar-refractivity contribution in [2.24, 2.45) is 0 Å². The number of methoxy groups -OCH3 is 1. The first kappa shape index (κ1) is 11.2. The first-order chi connectivity index (χ1) is 7.81. The highest BCUT2D eigenvalue weighted by Gasteiger charge is 2.28. The number of ether oxygens (including phenoxy) is 1. The van der Waals surface area contributed by atoms with Crippen LogP contribution in [0.1, 0.15) is 19.8 Å². The molecule has 0 aromatic carbocycles. The molecule has 0 saturated heterocycles. The molecule has 1 aromatic heterocycles. The zero-order chi connectivity index (χ0) is 11.4. The molecule has 2 rings (SSSR count). The summed E-state index contributed by atoms with van der Waals surface area (Å²) < 4.78 is 5.24. The van der Waals surface area contributed by atoms with E-state index in [4.69, 9.17) is 4.74 Å². The Balaban J connectivity index is 1.87. The molecule has 4 heteroatoms. The summed E-state index contributed by atoms with van der Waals surface area (Å²) in [5, 5.41) is 6.61. The van der Waals surface area contributed by atoms with E-state index in [1.807, 2.05) is 18.2 Å². The van der Waals surface area contributed by atoms with Gasteiger partial charge in [-0.15, -0.1) is 0 Å². The third kappa shape index (κ3) is 2.64. The second-order valence-corrected chi connectivity index (χ2v) is 4.11. The third-order valence-electron chi connectivity index (χ3n) is 2.89. The van der Waals surface area contributed by atoms with Crippen molar-refractivity contribution in [1.82, 2.24) is 4.98 Å². The van der Waals surface area contributed by atoms with Crippen LogP contribution in [0.5, 0.6) is 0 Å². The highest BCUT2D eigenvalue weighted by Crippen LogP contribution is 2.25. The second-order valence-electron chi connectivity index (χ2n) is 4.11. The number of pyridine rings is 1. The molecule has 1 heterocycles. The lowest BCUT2D eigenvalue weighted by Gasteiger charge is -2.34. The number of anilines is 2. The van der Waals surface area contributed by atoms with Crippen LogP contribution in [0.2, 0.25) is 0 Å². The predicted octanol–water partition coefficient (Wildman–Crippen LogP) is 2.10. The number of rotatable bonds is 5. The minimum absolute atomic E-state index is 0.425. The van der Waals surface area contributed by atoms with Crippen LogP contribution in [0, 0.1) is 0 Å². The number of nitrogens with zero attached hydrogens (tertiary/aromatic N) is 1. The topological polar surface area (TPSA) is 46.2 Å². The van der Waals surface area contributed by atoms with E-state index in [9.17, 15) is 0 Å². The number of hydrogen-bond donors (Lipinski definition) is 2. The Morgan fingerprint density at radius 2 is 2.12 bits per heavy atom. The summed E-state index contributed by atoms with van der Waals surface area (Å²) in [5.74, 6) is 1.87. The van der Waals surface area contributed by atoms with Gasteiger partial charge >= 0.3 is 0 Å². The maximum atomic E-state index is 5.24. The van der Waals surface area contributed by atoms with Gasteiger partial charge in [-0.2, -0.15) is 0 Å². The Labute approximate surface area is 96.4 Å². The van der Waals surface area contributed by atoms with Gasteiger partial charge in [0.25, 0.3) is 0 Å². The first-order valence-electron chi connectivity index (χ1n) is 5.82. The smallest absolute Gasteiger partial charge is 0.128 e. The molecule has 1 aliphatic carbocycles. The van der Waals surface area contributed by atoms with E-state index >= 15 is 0 Å². The van der Waals surface area contributed by atoms with Crippen LogP contribution in [-0.4, -0.2) is 30.8 Å². The molecule has 16 heavy (non-hydrogen) atoms. The number of aromatic nitrogens is 1. The van der Waals surface area contributed by atoms with Crippen molar-refractivity contribution in [1.29, 1.82) is 0 Å². The molecule has 0 bridgehead atoms. The van der Waals surface area contributed by atoms with Gasteiger partial charge < -0.3 is 15.4 Å². The molecule has 0 radical (unpaired) electrons. The van der Waals surface area contributed by atoms with Crippen molar-refractivity contribution in [2.75, 3.05) is 24.3 Å². The Bertz CT molecular complexity index is 337. The van der Waals surface area contributed by atoms with Crippen LogP contribution in [0.4, 0.5) is 11.6 Å². The van der Waals surface area contributed by atoms with Crippen LogP contribution in [-0.2, 0) is 4.74 Å². The standard InChI is InChI=1S/C12H19N3O/c1-3-13-11-5-4-6-12(15-11)14-9-7-10(8-9)16-2/h4-6,9-10H,3,7-8H2,1-2H3,(H2,13,14,15). The lowest BCUT2D eigenvalue weighted by molar-refractivity contribution is 0.0328. The van der Waals surface area contributed by atoms with Crippen molar-refractivity contribution in [2.45, 2.75) is 31.9 Å². The normalized spacial score (nSPS) is 23.6. The van der Waals surface area contributed by atoms with E-state index in [0.717, 1.165) is 31.0 Å². The molecule has 0 aliphatic heterocycles. The second kappa shape index (κ2) is 5.16. The van der Waals surface area contributed by atoms with E-state index in [1.54, 1.807) is 7.11 Å². The summed E-state index contributed by atoms with van der Waals surface area (Å²) in [6.45, 7) is 2.96. The van der Waals surface area contributed by atoms with Gasteiger partial charge in [-0.05, 0) is 31.9 Å². The highest BCUT2D eigenvalue weighted by molar-refractivity contribution is 5.45. The van der Waals surface area contributed by atoms with Gasteiger partial charge in [0.2, 0.25) is 0 Å². The van der Waals surface area contributed by atoms with Gasteiger partial charge in [0.15, 0.2) is 0 Å². The molecule has 1 fully saturated rings. The fourth-order valence-electron chi connectivity index (χ4n) is 1.88. The van der Waals surface area contributed by atoms with E-state index in [2.05, 4.69) is 22.5 Å². The molecule has 0 unspecified atom stereocenters. The van der Waals surface area contributed by atoms with Gasteiger partial charge in [-0.25, -0.2) is 4.98 Å². The van der Waals surface area contributed by atoms with Crippen molar-refractivity contribution in [3.8, 4) is 0 Å².